The summed E-state index contributed by atoms with van der Waals surface area (Å²) in [5.74, 6) is 2.14. The van der Waals surface area contributed by atoms with E-state index in [1.807, 2.05) is 24.5 Å². The number of nitrogens with zero attached hydrogens (tertiary/aromatic N) is 3. The molecule has 0 spiro atoms. The van der Waals surface area contributed by atoms with Gasteiger partial charge in [0, 0.05) is 39.6 Å². The van der Waals surface area contributed by atoms with Gasteiger partial charge in [0.15, 0.2) is 0 Å². The maximum Gasteiger partial charge on any atom is 2.00 e. The Labute approximate surface area is 296 Å². The molecule has 0 aliphatic heterocycles. The summed E-state index contributed by atoms with van der Waals surface area (Å²) >= 11 is 1.77. The van der Waals surface area contributed by atoms with E-state index >= 15 is 0 Å². The van der Waals surface area contributed by atoms with E-state index in [4.69, 9.17) is 14.7 Å². The van der Waals surface area contributed by atoms with Crippen molar-refractivity contribution in [2.24, 2.45) is 0 Å². The van der Waals surface area contributed by atoms with Crippen LogP contribution in [0.15, 0.2) is 122 Å². The Hall–Kier alpha value is -4.83. The van der Waals surface area contributed by atoms with Crippen LogP contribution in [0, 0.1) is 12.1 Å². The first-order chi connectivity index (χ1) is 22.9. The molecular formula is C42H29N3OPtS. The van der Waals surface area contributed by atoms with E-state index in [2.05, 4.69) is 135 Å². The van der Waals surface area contributed by atoms with Gasteiger partial charge in [0.1, 0.15) is 5.82 Å². The summed E-state index contributed by atoms with van der Waals surface area (Å²) in [4.78, 5) is 9.68. The van der Waals surface area contributed by atoms with Crippen molar-refractivity contribution in [2.75, 3.05) is 0 Å². The van der Waals surface area contributed by atoms with Crippen molar-refractivity contribution < 1.29 is 25.8 Å². The standard InChI is InChI=1S/C42H29N3OS.Pt/c1-42(2,3)27-19-21-43-38(23-27)45-35-16-10-9-13-30(35)31-18-17-28(24-36(31)45)46-37-25-34-39-41(47-40(34)33-15-8-7-14-32(33)37)29(20-22-44-39)26-11-5-4-6-12-26;/h4-23H,1-3H3;/q-2;+2. The first kappa shape index (κ1) is 30.5. The van der Waals surface area contributed by atoms with Gasteiger partial charge in [-0.15, -0.1) is 22.9 Å². The van der Waals surface area contributed by atoms with Crippen LogP contribution in [0.1, 0.15) is 26.3 Å². The average molecular weight is 819 g/mol. The molecule has 0 N–H and O–H groups in total. The van der Waals surface area contributed by atoms with Crippen LogP contribution >= 0.6 is 11.3 Å². The predicted octanol–water partition coefficient (Wildman–Crippen LogP) is 11.4. The number of pyridine rings is 2. The van der Waals surface area contributed by atoms with E-state index in [1.165, 1.54) is 16.7 Å². The van der Waals surface area contributed by atoms with Gasteiger partial charge in [0.25, 0.3) is 0 Å². The number of benzene rings is 5. The minimum Gasteiger partial charge on any atom is -0.502 e. The molecule has 0 fully saturated rings. The molecule has 9 aromatic rings. The molecule has 48 heavy (non-hydrogen) atoms. The van der Waals surface area contributed by atoms with Gasteiger partial charge < -0.3 is 14.3 Å². The molecule has 4 nitrogen and oxygen atoms in total. The number of aromatic nitrogens is 3. The van der Waals surface area contributed by atoms with E-state index in [-0.39, 0.29) is 26.5 Å². The zero-order valence-electron chi connectivity index (χ0n) is 26.5. The van der Waals surface area contributed by atoms with Gasteiger partial charge in [0.05, 0.1) is 0 Å². The molecule has 0 radical (unpaired) electrons. The minimum atomic E-state index is -0.00742. The van der Waals surface area contributed by atoms with Crippen molar-refractivity contribution in [3.63, 3.8) is 0 Å². The Balaban J connectivity index is 0.00000336. The molecule has 0 unspecified atom stereocenters. The first-order valence-corrected chi connectivity index (χ1v) is 16.6. The third-order valence-electron chi connectivity index (χ3n) is 8.92. The zero-order valence-corrected chi connectivity index (χ0v) is 29.6. The Kier molecular flexibility index (Phi) is 7.43. The second-order valence-corrected chi connectivity index (χ2v) is 13.9. The van der Waals surface area contributed by atoms with Crippen molar-refractivity contribution in [2.45, 2.75) is 26.2 Å². The molecule has 4 aromatic heterocycles. The molecule has 0 aliphatic carbocycles. The average Bonchev–Trinajstić information content (AvgIpc) is 3.64. The van der Waals surface area contributed by atoms with Gasteiger partial charge in [-0.3, -0.25) is 0 Å². The molecular weight excluding hydrogens is 790 g/mol. The first-order valence-electron chi connectivity index (χ1n) is 15.7. The normalized spacial score (nSPS) is 11.9. The summed E-state index contributed by atoms with van der Waals surface area (Å²) in [6.45, 7) is 6.67. The van der Waals surface area contributed by atoms with Crippen molar-refractivity contribution in [3.05, 3.63) is 139 Å². The molecule has 0 bridgehead atoms. The summed E-state index contributed by atoms with van der Waals surface area (Å²) in [5, 5.41) is 5.34. The number of ether oxygens (including phenoxy) is 1. The van der Waals surface area contributed by atoms with Gasteiger partial charge in [-0.25, -0.2) is 4.98 Å². The molecule has 5 aromatic carbocycles. The number of thiophene rings is 1. The Bertz CT molecular complexity index is 2650. The van der Waals surface area contributed by atoms with Gasteiger partial charge in [-0.05, 0) is 56.5 Å². The maximum absolute atomic E-state index is 6.74. The molecule has 9 rings (SSSR count). The molecule has 4 heterocycles. The number of rotatable bonds is 4. The van der Waals surface area contributed by atoms with Crippen LogP contribution in [0.4, 0.5) is 0 Å². The molecule has 0 amide bonds. The molecule has 0 aliphatic rings. The molecule has 6 heteroatoms. The van der Waals surface area contributed by atoms with Crippen LogP contribution in [-0.4, -0.2) is 14.5 Å². The molecule has 234 valence electrons. The summed E-state index contributed by atoms with van der Waals surface area (Å²) in [5.41, 5.74) is 6.50. The van der Waals surface area contributed by atoms with Crippen molar-refractivity contribution in [3.8, 4) is 28.4 Å². The van der Waals surface area contributed by atoms with Gasteiger partial charge in [-0.2, -0.15) is 17.4 Å². The van der Waals surface area contributed by atoms with E-state index in [0.29, 0.717) is 11.5 Å². The van der Waals surface area contributed by atoms with Gasteiger partial charge in [0.2, 0.25) is 0 Å². The largest absolute Gasteiger partial charge is 2.00 e. The fourth-order valence-corrected chi connectivity index (χ4v) is 7.86. The van der Waals surface area contributed by atoms with E-state index in [0.717, 1.165) is 58.7 Å². The van der Waals surface area contributed by atoms with E-state index in [9.17, 15) is 0 Å². The maximum atomic E-state index is 6.74. The van der Waals surface area contributed by atoms with Crippen molar-refractivity contribution >= 4 is 64.2 Å². The van der Waals surface area contributed by atoms with Crippen LogP contribution in [0.5, 0.6) is 11.5 Å². The minimum absolute atomic E-state index is 0. The van der Waals surface area contributed by atoms with Gasteiger partial charge in [-0.1, -0.05) is 116 Å². The molecule has 0 saturated heterocycles. The van der Waals surface area contributed by atoms with Crippen molar-refractivity contribution in [1.29, 1.82) is 0 Å². The summed E-state index contributed by atoms with van der Waals surface area (Å²) in [7, 11) is 0. The second kappa shape index (κ2) is 11.7. The summed E-state index contributed by atoms with van der Waals surface area (Å²) < 4.78 is 11.2. The van der Waals surface area contributed by atoms with Crippen LogP contribution in [0.25, 0.3) is 69.8 Å². The van der Waals surface area contributed by atoms with E-state index in [1.54, 1.807) is 11.3 Å². The number of hydrogen-bond donors (Lipinski definition) is 0. The monoisotopic (exact) mass is 818 g/mol. The molecule has 0 saturated carbocycles. The van der Waals surface area contributed by atoms with Crippen LogP contribution in [-0.2, 0) is 26.5 Å². The third-order valence-corrected chi connectivity index (χ3v) is 10.2. The smallest absolute Gasteiger partial charge is 0.502 e. The summed E-state index contributed by atoms with van der Waals surface area (Å²) in [6.07, 6.45) is 3.79. The van der Waals surface area contributed by atoms with E-state index < -0.39 is 0 Å². The predicted molar refractivity (Wildman–Crippen MR) is 195 cm³/mol. The number of fused-ring (bicyclic) bond motifs is 8. The fraction of sp³-hybridized carbons (Fsp3) is 0.0952. The third kappa shape index (κ3) is 4.92. The quantitative estimate of drug-likeness (QED) is 0.166. The summed E-state index contributed by atoms with van der Waals surface area (Å²) in [6, 6.07) is 45.1. The number of hydrogen-bond acceptors (Lipinski definition) is 4. The second-order valence-electron chi connectivity index (χ2n) is 12.9. The SMILES string of the molecule is CC(C)(C)c1ccnc(-n2c3[c-]c(Oc4[c-]c5c6nccc(-c7ccccc7)c6sc5c5ccccc45)ccc3c3ccccc32)c1.[Pt+2]. The fourth-order valence-electron chi connectivity index (χ4n) is 6.57. The van der Waals surface area contributed by atoms with Crippen LogP contribution in [0.2, 0.25) is 0 Å². The Morgan fingerprint density at radius 3 is 2.23 bits per heavy atom. The van der Waals surface area contributed by atoms with Crippen LogP contribution < -0.4 is 4.74 Å². The van der Waals surface area contributed by atoms with Gasteiger partial charge >= 0.3 is 21.1 Å². The Morgan fingerprint density at radius 2 is 1.42 bits per heavy atom. The number of para-hydroxylation sites is 1. The zero-order chi connectivity index (χ0) is 31.7. The van der Waals surface area contributed by atoms with Crippen molar-refractivity contribution in [1.82, 2.24) is 14.5 Å². The molecule has 0 atom stereocenters. The Morgan fingerprint density at radius 1 is 0.688 bits per heavy atom. The topological polar surface area (TPSA) is 39.9 Å². The van der Waals surface area contributed by atoms with Crippen LogP contribution in [0.3, 0.4) is 0 Å².